The lowest BCUT2D eigenvalue weighted by molar-refractivity contribution is 0.0720. The Hall–Kier alpha value is -2.62. The van der Waals surface area contributed by atoms with Gasteiger partial charge in [-0.25, -0.2) is 4.98 Å². The Morgan fingerprint density at radius 1 is 1.14 bits per heavy atom. The molecule has 1 unspecified atom stereocenters. The quantitative estimate of drug-likeness (QED) is 0.735. The van der Waals surface area contributed by atoms with Crippen LogP contribution < -0.4 is 0 Å². The van der Waals surface area contributed by atoms with Crippen LogP contribution in [0.25, 0.3) is 10.9 Å². The summed E-state index contributed by atoms with van der Waals surface area (Å²) in [5.41, 5.74) is 1.26. The average Bonchev–Trinajstić information content (AvgIpc) is 3.06. The Bertz CT molecular complexity index is 765. The van der Waals surface area contributed by atoms with Crippen LogP contribution >= 0.6 is 0 Å². The van der Waals surface area contributed by atoms with Gasteiger partial charge in [-0.2, -0.15) is 0 Å². The number of amides is 1. The number of nitrogens with zero attached hydrogens (tertiary/aromatic N) is 2. The van der Waals surface area contributed by atoms with Crippen molar-refractivity contribution in [2.24, 2.45) is 0 Å². The predicted octanol–water partition coefficient (Wildman–Crippen LogP) is 3.66. The van der Waals surface area contributed by atoms with Crippen LogP contribution in [0.2, 0.25) is 0 Å². The largest absolute Gasteiger partial charge is 0.467 e. The minimum absolute atomic E-state index is 0.121. The zero-order valence-electron chi connectivity index (χ0n) is 12.0. The highest BCUT2D eigenvalue weighted by atomic mass is 16.3. The number of hydrogen-bond donors (Lipinski definition) is 0. The van der Waals surface area contributed by atoms with Crippen molar-refractivity contribution < 1.29 is 9.21 Å². The van der Waals surface area contributed by atoms with E-state index in [9.17, 15) is 4.79 Å². The molecule has 0 spiro atoms. The summed E-state index contributed by atoms with van der Waals surface area (Å²) in [6.07, 6.45) is 1.61. The molecule has 0 aliphatic carbocycles. The van der Waals surface area contributed by atoms with Gasteiger partial charge in [-0.3, -0.25) is 4.79 Å². The first-order valence-corrected chi connectivity index (χ1v) is 6.83. The fourth-order valence-corrected chi connectivity index (χ4v) is 2.26. The normalized spacial score (nSPS) is 12.3. The van der Waals surface area contributed by atoms with E-state index in [0.717, 1.165) is 16.7 Å². The minimum atomic E-state index is -0.138. The number of benzene rings is 1. The Balaban J connectivity index is 1.89. The number of furan rings is 1. The summed E-state index contributed by atoms with van der Waals surface area (Å²) in [6.45, 7) is 1.93. The molecule has 0 radical (unpaired) electrons. The molecule has 0 bridgehead atoms. The number of fused-ring (bicyclic) bond motifs is 1. The van der Waals surface area contributed by atoms with Gasteiger partial charge >= 0.3 is 0 Å². The molecule has 0 fully saturated rings. The van der Waals surface area contributed by atoms with Gasteiger partial charge in [0.15, 0.2) is 0 Å². The number of para-hydroxylation sites is 1. The van der Waals surface area contributed by atoms with Crippen LogP contribution in [0.4, 0.5) is 0 Å². The second kappa shape index (κ2) is 5.40. The maximum absolute atomic E-state index is 12.5. The van der Waals surface area contributed by atoms with Gasteiger partial charge in [-0.15, -0.1) is 0 Å². The number of aromatic nitrogens is 1. The van der Waals surface area contributed by atoms with E-state index in [1.165, 1.54) is 0 Å². The highest BCUT2D eigenvalue weighted by Crippen LogP contribution is 2.21. The molecule has 4 heteroatoms. The number of pyridine rings is 1. The van der Waals surface area contributed by atoms with Gasteiger partial charge in [-0.05, 0) is 31.2 Å². The van der Waals surface area contributed by atoms with Gasteiger partial charge < -0.3 is 9.32 Å². The average molecular weight is 280 g/mol. The Kier molecular flexibility index (Phi) is 3.44. The molecule has 2 aromatic heterocycles. The van der Waals surface area contributed by atoms with E-state index < -0.39 is 0 Å². The van der Waals surface area contributed by atoms with Crippen molar-refractivity contribution in [2.45, 2.75) is 13.0 Å². The van der Waals surface area contributed by atoms with Crippen molar-refractivity contribution in [3.63, 3.8) is 0 Å². The van der Waals surface area contributed by atoms with Crippen molar-refractivity contribution in [2.75, 3.05) is 7.05 Å². The van der Waals surface area contributed by atoms with Crippen molar-refractivity contribution in [1.82, 2.24) is 9.88 Å². The van der Waals surface area contributed by atoms with Crippen molar-refractivity contribution in [3.8, 4) is 0 Å². The topological polar surface area (TPSA) is 46.3 Å². The molecule has 2 heterocycles. The smallest absolute Gasteiger partial charge is 0.272 e. The first kappa shape index (κ1) is 13.4. The third kappa shape index (κ3) is 2.52. The van der Waals surface area contributed by atoms with Gasteiger partial charge in [0.05, 0.1) is 17.8 Å². The first-order valence-electron chi connectivity index (χ1n) is 6.83. The highest BCUT2D eigenvalue weighted by Gasteiger charge is 2.21. The minimum Gasteiger partial charge on any atom is -0.467 e. The lowest BCUT2D eigenvalue weighted by atomic mass is 10.1. The predicted molar refractivity (Wildman–Crippen MR) is 81.0 cm³/mol. The third-order valence-corrected chi connectivity index (χ3v) is 3.67. The van der Waals surface area contributed by atoms with Crippen LogP contribution in [0.1, 0.15) is 29.2 Å². The maximum Gasteiger partial charge on any atom is 0.272 e. The van der Waals surface area contributed by atoms with Gasteiger partial charge in [0.1, 0.15) is 11.5 Å². The number of carbonyl (C=O) groups is 1. The second-order valence-corrected chi connectivity index (χ2v) is 5.00. The van der Waals surface area contributed by atoms with Gasteiger partial charge in [0, 0.05) is 12.4 Å². The summed E-state index contributed by atoms with van der Waals surface area (Å²) < 4.78 is 5.36. The lowest BCUT2D eigenvalue weighted by Crippen LogP contribution is -2.30. The summed E-state index contributed by atoms with van der Waals surface area (Å²) in [7, 11) is 1.76. The SMILES string of the molecule is CC(c1ccco1)N(C)C(=O)c1ccc2ccccc2n1. The molecular formula is C17H16N2O2. The molecule has 4 nitrogen and oxygen atoms in total. The number of hydrogen-bond acceptors (Lipinski definition) is 3. The molecule has 0 saturated carbocycles. The van der Waals surface area contributed by atoms with Crippen LogP contribution in [-0.4, -0.2) is 22.8 Å². The van der Waals surface area contributed by atoms with E-state index in [-0.39, 0.29) is 11.9 Å². The molecule has 106 valence electrons. The lowest BCUT2D eigenvalue weighted by Gasteiger charge is -2.23. The van der Waals surface area contributed by atoms with E-state index in [1.807, 2.05) is 49.4 Å². The standard InChI is InChI=1S/C17H16N2O2/c1-12(16-8-5-11-21-16)19(2)17(20)15-10-9-13-6-3-4-7-14(13)18-15/h3-12H,1-2H3. The molecule has 3 aromatic rings. The molecule has 1 aromatic carbocycles. The molecule has 21 heavy (non-hydrogen) atoms. The number of rotatable bonds is 3. The summed E-state index contributed by atoms with van der Waals surface area (Å²) in [5, 5.41) is 1.02. The summed E-state index contributed by atoms with van der Waals surface area (Å²) >= 11 is 0. The summed E-state index contributed by atoms with van der Waals surface area (Å²) in [6, 6.07) is 15.0. The zero-order chi connectivity index (χ0) is 14.8. The van der Waals surface area contributed by atoms with E-state index in [4.69, 9.17) is 4.42 Å². The molecule has 0 aliphatic heterocycles. The fraction of sp³-hybridized carbons (Fsp3) is 0.176. The van der Waals surface area contributed by atoms with Gasteiger partial charge in [-0.1, -0.05) is 24.3 Å². The van der Waals surface area contributed by atoms with Crippen LogP contribution in [0.15, 0.2) is 59.2 Å². The van der Waals surface area contributed by atoms with E-state index >= 15 is 0 Å². The van der Waals surface area contributed by atoms with Crippen LogP contribution in [0.3, 0.4) is 0 Å². The first-order chi connectivity index (χ1) is 10.2. The van der Waals surface area contributed by atoms with Crippen molar-refractivity contribution >= 4 is 16.8 Å². The van der Waals surface area contributed by atoms with Gasteiger partial charge in [0.2, 0.25) is 0 Å². The second-order valence-electron chi connectivity index (χ2n) is 5.00. The monoisotopic (exact) mass is 280 g/mol. The zero-order valence-corrected chi connectivity index (χ0v) is 12.0. The van der Waals surface area contributed by atoms with E-state index in [0.29, 0.717) is 5.69 Å². The van der Waals surface area contributed by atoms with E-state index in [2.05, 4.69) is 4.98 Å². The van der Waals surface area contributed by atoms with Gasteiger partial charge in [0.25, 0.3) is 5.91 Å². The molecule has 1 amide bonds. The number of carbonyl (C=O) groups excluding carboxylic acids is 1. The summed E-state index contributed by atoms with van der Waals surface area (Å²) in [4.78, 5) is 18.6. The van der Waals surface area contributed by atoms with Crippen LogP contribution in [-0.2, 0) is 0 Å². The van der Waals surface area contributed by atoms with Crippen molar-refractivity contribution in [3.05, 3.63) is 66.2 Å². The highest BCUT2D eigenvalue weighted by molar-refractivity contribution is 5.94. The molecule has 0 N–H and O–H groups in total. The van der Waals surface area contributed by atoms with Crippen LogP contribution in [0, 0.1) is 0 Å². The maximum atomic E-state index is 12.5. The Labute approximate surface area is 123 Å². The Morgan fingerprint density at radius 2 is 1.95 bits per heavy atom. The Morgan fingerprint density at radius 3 is 2.71 bits per heavy atom. The third-order valence-electron chi connectivity index (χ3n) is 3.67. The molecule has 0 saturated heterocycles. The van der Waals surface area contributed by atoms with Crippen LogP contribution in [0.5, 0.6) is 0 Å². The van der Waals surface area contributed by atoms with Crippen molar-refractivity contribution in [1.29, 1.82) is 0 Å². The molecule has 3 rings (SSSR count). The van der Waals surface area contributed by atoms with E-state index in [1.54, 1.807) is 24.3 Å². The molecular weight excluding hydrogens is 264 g/mol. The fourth-order valence-electron chi connectivity index (χ4n) is 2.26. The summed E-state index contributed by atoms with van der Waals surface area (Å²) in [5.74, 6) is 0.635. The molecule has 1 atom stereocenters. The molecule has 0 aliphatic rings.